The quantitative estimate of drug-likeness (QED) is 0.530. The average molecular weight is 325 g/mol. The minimum atomic E-state index is 0.496. The number of rotatable bonds is 3. The smallest absolute Gasteiger partial charge is 0.0326 e. The highest BCUT2D eigenvalue weighted by molar-refractivity contribution is 5.76. The molecule has 0 radical (unpaired) electrons. The van der Waals surface area contributed by atoms with Crippen LogP contribution in [0.3, 0.4) is 0 Å². The lowest BCUT2D eigenvalue weighted by Gasteiger charge is -2.26. The molecular weight excluding hydrogens is 302 g/mol. The molecule has 0 saturated carbocycles. The Morgan fingerprint density at radius 1 is 0.800 bits per heavy atom. The molecule has 1 nitrogen and oxygen atoms in total. The number of benzene rings is 3. The largest absolute Gasteiger partial charge is 0.306 e. The molecule has 0 spiro atoms. The summed E-state index contributed by atoms with van der Waals surface area (Å²) in [7, 11) is 0. The molecule has 0 saturated heterocycles. The van der Waals surface area contributed by atoms with Crippen LogP contribution in [0, 0.1) is 0 Å². The lowest BCUT2D eigenvalue weighted by molar-refractivity contribution is 0.459. The average Bonchev–Trinajstić information content (AvgIpc) is 3.04. The van der Waals surface area contributed by atoms with Gasteiger partial charge in [-0.05, 0) is 64.6 Å². The Kier molecular flexibility index (Phi) is 3.68. The predicted octanol–water partition coefficient (Wildman–Crippen LogP) is 5.43. The summed E-state index contributed by atoms with van der Waals surface area (Å²) in [6.45, 7) is 0.947. The molecule has 1 N–H and O–H groups in total. The SMILES string of the molecule is c1ccc2c(c1)Cc1cc(CN[C@H]3CCCc4ccccc43)ccc1-2. The van der Waals surface area contributed by atoms with Gasteiger partial charge in [0.25, 0.3) is 0 Å². The van der Waals surface area contributed by atoms with Gasteiger partial charge in [0.05, 0.1) is 0 Å². The molecule has 1 atom stereocenters. The van der Waals surface area contributed by atoms with E-state index in [1.165, 1.54) is 58.2 Å². The second kappa shape index (κ2) is 6.16. The van der Waals surface area contributed by atoms with Gasteiger partial charge in [0, 0.05) is 12.6 Å². The van der Waals surface area contributed by atoms with E-state index in [0.717, 1.165) is 13.0 Å². The number of nitrogens with one attached hydrogen (secondary N) is 1. The third kappa shape index (κ3) is 2.69. The number of fused-ring (bicyclic) bond motifs is 4. The summed E-state index contributed by atoms with van der Waals surface area (Å²) in [6.07, 6.45) is 4.83. The maximum atomic E-state index is 3.81. The molecule has 0 fully saturated rings. The first-order chi connectivity index (χ1) is 12.4. The minimum Gasteiger partial charge on any atom is -0.306 e. The fourth-order valence-corrected chi connectivity index (χ4v) is 4.52. The molecular formula is C24H23N. The van der Waals surface area contributed by atoms with Gasteiger partial charge in [-0.25, -0.2) is 0 Å². The molecule has 124 valence electrons. The monoisotopic (exact) mass is 325 g/mol. The maximum Gasteiger partial charge on any atom is 0.0326 e. The molecule has 0 heterocycles. The van der Waals surface area contributed by atoms with E-state index >= 15 is 0 Å². The highest BCUT2D eigenvalue weighted by Crippen LogP contribution is 2.37. The van der Waals surface area contributed by atoms with Gasteiger partial charge in [0.1, 0.15) is 0 Å². The van der Waals surface area contributed by atoms with E-state index in [9.17, 15) is 0 Å². The third-order valence-electron chi connectivity index (χ3n) is 5.78. The molecule has 1 heteroatoms. The van der Waals surface area contributed by atoms with Gasteiger partial charge in [-0.2, -0.15) is 0 Å². The Labute approximate surface area is 149 Å². The van der Waals surface area contributed by atoms with Crippen LogP contribution in [0.5, 0.6) is 0 Å². The Balaban J connectivity index is 1.35. The fourth-order valence-electron chi connectivity index (χ4n) is 4.52. The molecule has 25 heavy (non-hydrogen) atoms. The van der Waals surface area contributed by atoms with Crippen molar-refractivity contribution in [1.29, 1.82) is 0 Å². The van der Waals surface area contributed by atoms with Gasteiger partial charge in [0.15, 0.2) is 0 Å². The van der Waals surface area contributed by atoms with Crippen molar-refractivity contribution in [3.05, 3.63) is 94.5 Å². The lowest BCUT2D eigenvalue weighted by Crippen LogP contribution is -2.24. The van der Waals surface area contributed by atoms with Crippen LogP contribution < -0.4 is 5.32 Å². The van der Waals surface area contributed by atoms with Crippen molar-refractivity contribution in [3.8, 4) is 11.1 Å². The van der Waals surface area contributed by atoms with E-state index in [2.05, 4.69) is 72.0 Å². The van der Waals surface area contributed by atoms with E-state index in [4.69, 9.17) is 0 Å². The van der Waals surface area contributed by atoms with Gasteiger partial charge in [-0.3, -0.25) is 0 Å². The highest BCUT2D eigenvalue weighted by atomic mass is 14.9. The standard InChI is InChI=1S/C24H23N/c1-4-10-23-18(6-1)8-5-11-24(23)25-16-17-12-13-22-20(14-17)15-19-7-2-3-9-21(19)22/h1-4,6-7,9-10,12-14,24-25H,5,8,11,15-16H2/t24-/m0/s1. The van der Waals surface area contributed by atoms with Crippen LogP contribution in [0.15, 0.2) is 66.7 Å². The van der Waals surface area contributed by atoms with Gasteiger partial charge in [-0.15, -0.1) is 0 Å². The molecule has 0 amide bonds. The topological polar surface area (TPSA) is 12.0 Å². The van der Waals surface area contributed by atoms with Crippen LogP contribution in [0.2, 0.25) is 0 Å². The van der Waals surface area contributed by atoms with E-state index < -0.39 is 0 Å². The molecule has 0 aromatic heterocycles. The molecule has 0 bridgehead atoms. The van der Waals surface area contributed by atoms with E-state index in [0.29, 0.717) is 6.04 Å². The van der Waals surface area contributed by atoms with Crippen molar-refractivity contribution in [2.24, 2.45) is 0 Å². The summed E-state index contributed by atoms with van der Waals surface area (Å²) >= 11 is 0. The first-order valence-corrected chi connectivity index (χ1v) is 9.40. The van der Waals surface area contributed by atoms with Gasteiger partial charge in [0.2, 0.25) is 0 Å². The molecule has 2 aliphatic rings. The van der Waals surface area contributed by atoms with Crippen LogP contribution in [-0.4, -0.2) is 0 Å². The molecule has 0 unspecified atom stereocenters. The summed E-state index contributed by atoms with van der Waals surface area (Å²) in [5.41, 5.74) is 10.2. The number of hydrogen-bond acceptors (Lipinski definition) is 1. The zero-order chi connectivity index (χ0) is 16.6. The maximum absolute atomic E-state index is 3.81. The van der Waals surface area contributed by atoms with E-state index in [1.54, 1.807) is 0 Å². The first-order valence-electron chi connectivity index (χ1n) is 9.40. The Morgan fingerprint density at radius 2 is 1.60 bits per heavy atom. The predicted molar refractivity (Wildman–Crippen MR) is 104 cm³/mol. The van der Waals surface area contributed by atoms with E-state index in [1.807, 2.05) is 0 Å². The normalized spacial score (nSPS) is 17.7. The van der Waals surface area contributed by atoms with Crippen LogP contribution in [-0.2, 0) is 19.4 Å². The van der Waals surface area contributed by atoms with Crippen LogP contribution in [0.4, 0.5) is 0 Å². The van der Waals surface area contributed by atoms with Crippen molar-refractivity contribution < 1.29 is 0 Å². The molecule has 3 aromatic carbocycles. The zero-order valence-electron chi connectivity index (χ0n) is 14.5. The summed E-state index contributed by atoms with van der Waals surface area (Å²) in [5, 5.41) is 3.81. The second-order valence-electron chi connectivity index (χ2n) is 7.35. The van der Waals surface area contributed by atoms with Crippen molar-refractivity contribution in [3.63, 3.8) is 0 Å². The summed E-state index contributed by atoms with van der Waals surface area (Å²) in [4.78, 5) is 0. The fraction of sp³-hybridized carbons (Fsp3) is 0.250. The summed E-state index contributed by atoms with van der Waals surface area (Å²) in [6, 6.07) is 25.2. The molecule has 3 aromatic rings. The molecule has 2 aliphatic carbocycles. The van der Waals surface area contributed by atoms with Crippen molar-refractivity contribution in [1.82, 2.24) is 5.32 Å². The Morgan fingerprint density at radius 3 is 2.56 bits per heavy atom. The summed E-state index contributed by atoms with van der Waals surface area (Å²) in [5.74, 6) is 0. The second-order valence-corrected chi connectivity index (χ2v) is 7.35. The van der Waals surface area contributed by atoms with Gasteiger partial charge < -0.3 is 5.32 Å². The zero-order valence-corrected chi connectivity index (χ0v) is 14.5. The molecule has 0 aliphatic heterocycles. The lowest BCUT2D eigenvalue weighted by atomic mass is 9.87. The molecule has 5 rings (SSSR count). The van der Waals surface area contributed by atoms with Crippen LogP contribution in [0.25, 0.3) is 11.1 Å². The van der Waals surface area contributed by atoms with Crippen molar-refractivity contribution >= 4 is 0 Å². The van der Waals surface area contributed by atoms with Crippen molar-refractivity contribution in [2.45, 2.75) is 38.3 Å². The first kappa shape index (κ1) is 14.9. The van der Waals surface area contributed by atoms with Crippen molar-refractivity contribution in [2.75, 3.05) is 0 Å². The number of aryl methyl sites for hydroxylation is 1. The van der Waals surface area contributed by atoms with Crippen LogP contribution >= 0.6 is 0 Å². The Bertz CT molecular complexity index is 925. The van der Waals surface area contributed by atoms with Crippen LogP contribution in [0.1, 0.15) is 46.7 Å². The Hall–Kier alpha value is -2.38. The van der Waals surface area contributed by atoms with E-state index in [-0.39, 0.29) is 0 Å². The van der Waals surface area contributed by atoms with Gasteiger partial charge >= 0.3 is 0 Å². The number of hydrogen-bond donors (Lipinski definition) is 1. The third-order valence-corrected chi connectivity index (χ3v) is 5.78. The summed E-state index contributed by atoms with van der Waals surface area (Å²) < 4.78 is 0. The minimum absolute atomic E-state index is 0.496. The van der Waals surface area contributed by atoms with Gasteiger partial charge in [-0.1, -0.05) is 66.7 Å². The highest BCUT2D eigenvalue weighted by Gasteiger charge is 2.20.